The molecule has 1 aliphatic rings. The summed E-state index contributed by atoms with van der Waals surface area (Å²) in [6.45, 7) is 1.75. The number of carbonyl (C=O) groups is 1. The van der Waals surface area contributed by atoms with E-state index in [1.807, 2.05) is 23.6 Å². The van der Waals surface area contributed by atoms with Gasteiger partial charge in [-0.15, -0.1) is 11.3 Å². The fraction of sp³-hybridized carbons (Fsp3) is 0.231. The van der Waals surface area contributed by atoms with Gasteiger partial charge in [-0.3, -0.25) is 4.79 Å². The van der Waals surface area contributed by atoms with Gasteiger partial charge in [0.1, 0.15) is 5.75 Å². The van der Waals surface area contributed by atoms with E-state index < -0.39 is 6.10 Å². The van der Waals surface area contributed by atoms with Crippen LogP contribution in [-0.4, -0.2) is 24.0 Å². The van der Waals surface area contributed by atoms with Crippen molar-refractivity contribution in [1.82, 2.24) is 4.98 Å². The Morgan fingerprint density at radius 1 is 1.47 bits per heavy atom. The number of likely N-dealkylation sites (N-methyl/N-ethyl adjacent to an activating group) is 1. The Kier molecular flexibility index (Phi) is 2.67. The van der Waals surface area contributed by atoms with Crippen molar-refractivity contribution in [3.05, 3.63) is 23.6 Å². The second-order valence-corrected chi connectivity index (χ2v) is 5.30. The Balaban J connectivity index is 2.07. The number of thiazole rings is 1. The minimum Gasteiger partial charge on any atom is -0.479 e. The molecule has 1 amide bonds. The molecule has 1 unspecified atom stereocenters. The number of ether oxygens (including phenoxy) is 1. The first kappa shape index (κ1) is 12.0. The molecule has 1 atom stereocenters. The Hall–Kier alpha value is -2.08. The van der Waals surface area contributed by atoms with Crippen LogP contribution in [0.4, 0.5) is 10.8 Å². The first-order valence-electron chi connectivity index (χ1n) is 5.86. The lowest BCUT2D eigenvalue weighted by Gasteiger charge is -2.30. The molecule has 0 spiro atoms. The summed E-state index contributed by atoms with van der Waals surface area (Å²) in [5.41, 5.74) is 8.13. The molecule has 0 bridgehead atoms. The van der Waals surface area contributed by atoms with Crippen molar-refractivity contribution in [3.63, 3.8) is 0 Å². The molecule has 1 aromatic heterocycles. The first-order valence-corrected chi connectivity index (χ1v) is 6.74. The van der Waals surface area contributed by atoms with Gasteiger partial charge < -0.3 is 15.4 Å². The summed E-state index contributed by atoms with van der Waals surface area (Å²) in [5.74, 6) is 0.656. The zero-order valence-corrected chi connectivity index (χ0v) is 11.4. The second kappa shape index (κ2) is 4.24. The van der Waals surface area contributed by atoms with Crippen LogP contribution in [0.5, 0.6) is 5.75 Å². The summed E-state index contributed by atoms with van der Waals surface area (Å²) in [6.07, 6.45) is -0.446. The fourth-order valence-electron chi connectivity index (χ4n) is 2.09. The van der Waals surface area contributed by atoms with E-state index >= 15 is 0 Å². The number of benzene rings is 1. The van der Waals surface area contributed by atoms with Crippen molar-refractivity contribution in [1.29, 1.82) is 0 Å². The number of nitrogens with zero attached hydrogens (tertiary/aromatic N) is 2. The van der Waals surface area contributed by atoms with E-state index in [-0.39, 0.29) is 5.91 Å². The van der Waals surface area contributed by atoms with E-state index in [1.165, 1.54) is 11.3 Å². The van der Waals surface area contributed by atoms with Crippen molar-refractivity contribution in [2.75, 3.05) is 17.7 Å². The summed E-state index contributed by atoms with van der Waals surface area (Å²) in [6, 6.07) is 5.68. The Labute approximate surface area is 114 Å². The number of rotatable bonds is 1. The van der Waals surface area contributed by atoms with Crippen LogP contribution in [0.2, 0.25) is 0 Å². The number of carbonyl (C=O) groups excluding carboxylic acids is 1. The molecule has 2 aromatic rings. The van der Waals surface area contributed by atoms with Crippen LogP contribution >= 0.6 is 11.3 Å². The third kappa shape index (κ3) is 1.94. The highest BCUT2D eigenvalue weighted by molar-refractivity contribution is 7.13. The lowest BCUT2D eigenvalue weighted by molar-refractivity contribution is -0.125. The van der Waals surface area contributed by atoms with Crippen LogP contribution in [0.25, 0.3) is 11.3 Å². The van der Waals surface area contributed by atoms with E-state index in [1.54, 1.807) is 18.9 Å². The third-order valence-electron chi connectivity index (χ3n) is 3.12. The Bertz CT molecular complexity index is 653. The standard InChI is InChI=1S/C13H13N3O2S/c1-7-12(17)16(2)10-5-8(3-4-11(10)18-7)9-6-19-13(14)15-9/h3-7H,1-2H3,(H2,14,15). The van der Waals surface area contributed by atoms with Crippen LogP contribution in [0.15, 0.2) is 23.6 Å². The maximum atomic E-state index is 11.9. The van der Waals surface area contributed by atoms with Crippen molar-refractivity contribution in [3.8, 4) is 17.0 Å². The average molecular weight is 275 g/mol. The normalized spacial score (nSPS) is 18.1. The van der Waals surface area contributed by atoms with Gasteiger partial charge in [-0.1, -0.05) is 0 Å². The smallest absolute Gasteiger partial charge is 0.267 e. The number of aromatic nitrogens is 1. The molecule has 19 heavy (non-hydrogen) atoms. The molecule has 5 nitrogen and oxygen atoms in total. The molecule has 2 heterocycles. The lowest BCUT2D eigenvalue weighted by atomic mass is 10.1. The van der Waals surface area contributed by atoms with E-state index in [2.05, 4.69) is 4.98 Å². The van der Waals surface area contributed by atoms with Gasteiger partial charge in [0, 0.05) is 18.0 Å². The number of amides is 1. The molecule has 0 radical (unpaired) electrons. The monoisotopic (exact) mass is 275 g/mol. The predicted octanol–water partition coefficient (Wildman–Crippen LogP) is 2.14. The average Bonchev–Trinajstić information content (AvgIpc) is 2.83. The van der Waals surface area contributed by atoms with Gasteiger partial charge in [-0.2, -0.15) is 0 Å². The van der Waals surface area contributed by atoms with Crippen LogP contribution in [-0.2, 0) is 4.79 Å². The van der Waals surface area contributed by atoms with Crippen LogP contribution in [0.1, 0.15) is 6.92 Å². The molecular formula is C13H13N3O2S. The molecule has 98 valence electrons. The first-order chi connectivity index (χ1) is 9.06. The minimum atomic E-state index is -0.446. The molecule has 6 heteroatoms. The zero-order valence-electron chi connectivity index (χ0n) is 10.6. The zero-order chi connectivity index (χ0) is 13.6. The molecule has 2 N–H and O–H groups in total. The highest BCUT2D eigenvalue weighted by Crippen LogP contribution is 2.37. The maximum Gasteiger partial charge on any atom is 0.267 e. The summed E-state index contributed by atoms with van der Waals surface area (Å²) >= 11 is 1.39. The number of hydrogen-bond acceptors (Lipinski definition) is 5. The van der Waals surface area contributed by atoms with Crippen molar-refractivity contribution in [2.45, 2.75) is 13.0 Å². The summed E-state index contributed by atoms with van der Waals surface area (Å²) in [4.78, 5) is 17.8. The Morgan fingerprint density at radius 3 is 2.95 bits per heavy atom. The lowest BCUT2D eigenvalue weighted by Crippen LogP contribution is -2.41. The molecular weight excluding hydrogens is 262 g/mol. The third-order valence-corrected chi connectivity index (χ3v) is 3.79. The van der Waals surface area contributed by atoms with Gasteiger partial charge in [0.2, 0.25) is 0 Å². The number of fused-ring (bicyclic) bond motifs is 1. The number of hydrogen-bond donors (Lipinski definition) is 1. The van der Waals surface area contributed by atoms with Crippen LogP contribution in [0, 0.1) is 0 Å². The number of anilines is 2. The van der Waals surface area contributed by atoms with Crippen LogP contribution in [0.3, 0.4) is 0 Å². The quantitative estimate of drug-likeness (QED) is 0.865. The predicted molar refractivity (Wildman–Crippen MR) is 75.5 cm³/mol. The van der Waals surface area contributed by atoms with Crippen molar-refractivity contribution < 1.29 is 9.53 Å². The molecule has 3 rings (SSSR count). The second-order valence-electron chi connectivity index (χ2n) is 4.41. The molecule has 0 saturated carbocycles. The molecule has 0 fully saturated rings. The minimum absolute atomic E-state index is 0.0533. The molecule has 0 saturated heterocycles. The van der Waals surface area contributed by atoms with E-state index in [4.69, 9.17) is 10.5 Å². The van der Waals surface area contributed by atoms with Crippen molar-refractivity contribution >= 4 is 28.1 Å². The van der Waals surface area contributed by atoms with Gasteiger partial charge in [-0.05, 0) is 25.1 Å². The largest absolute Gasteiger partial charge is 0.479 e. The van der Waals surface area contributed by atoms with Gasteiger partial charge in [0.25, 0.3) is 5.91 Å². The summed E-state index contributed by atoms with van der Waals surface area (Å²) < 4.78 is 5.58. The Morgan fingerprint density at radius 2 is 2.26 bits per heavy atom. The maximum absolute atomic E-state index is 11.9. The molecule has 1 aromatic carbocycles. The van der Waals surface area contributed by atoms with E-state index in [9.17, 15) is 4.79 Å². The SMILES string of the molecule is CC1Oc2ccc(-c3csc(N)n3)cc2N(C)C1=O. The molecule has 1 aliphatic heterocycles. The molecule has 0 aliphatic carbocycles. The van der Waals surface area contributed by atoms with Crippen molar-refractivity contribution in [2.24, 2.45) is 0 Å². The summed E-state index contributed by atoms with van der Waals surface area (Å²) in [7, 11) is 1.75. The number of nitrogen functional groups attached to an aromatic ring is 1. The van der Waals surface area contributed by atoms with Gasteiger partial charge in [0.15, 0.2) is 11.2 Å². The highest BCUT2D eigenvalue weighted by atomic mass is 32.1. The van der Waals surface area contributed by atoms with E-state index in [0.717, 1.165) is 16.9 Å². The van der Waals surface area contributed by atoms with Gasteiger partial charge >= 0.3 is 0 Å². The fourth-order valence-corrected chi connectivity index (χ4v) is 2.66. The van der Waals surface area contributed by atoms with Crippen LogP contribution < -0.4 is 15.4 Å². The van der Waals surface area contributed by atoms with Gasteiger partial charge in [0.05, 0.1) is 11.4 Å². The summed E-state index contributed by atoms with van der Waals surface area (Å²) in [5, 5.41) is 2.42. The number of nitrogens with two attached hydrogens (primary N) is 1. The highest BCUT2D eigenvalue weighted by Gasteiger charge is 2.29. The van der Waals surface area contributed by atoms with E-state index in [0.29, 0.717) is 10.9 Å². The topological polar surface area (TPSA) is 68.5 Å². The van der Waals surface area contributed by atoms with Gasteiger partial charge in [-0.25, -0.2) is 4.98 Å².